The lowest BCUT2D eigenvalue weighted by atomic mass is 10.2. The van der Waals surface area contributed by atoms with Gasteiger partial charge in [-0.3, -0.25) is 4.79 Å². The van der Waals surface area contributed by atoms with Crippen LogP contribution in [0.5, 0.6) is 0 Å². The van der Waals surface area contributed by atoms with Crippen LogP contribution in [0.2, 0.25) is 10.0 Å². The van der Waals surface area contributed by atoms with E-state index in [9.17, 15) is 4.79 Å². The Bertz CT molecular complexity index is 801. The van der Waals surface area contributed by atoms with E-state index in [0.717, 1.165) is 10.2 Å². The summed E-state index contributed by atoms with van der Waals surface area (Å²) in [6.45, 7) is 0. The second-order valence-corrected chi connectivity index (χ2v) is 5.84. The van der Waals surface area contributed by atoms with Crippen LogP contribution in [0.3, 0.4) is 0 Å². The first kappa shape index (κ1) is 13.4. The lowest BCUT2D eigenvalue weighted by Gasteiger charge is -2.07. The number of fused-ring (bicyclic) bond motifs is 1. The van der Waals surface area contributed by atoms with Crippen molar-refractivity contribution in [2.75, 3.05) is 5.32 Å². The van der Waals surface area contributed by atoms with Crippen LogP contribution in [0, 0.1) is 0 Å². The number of carbonyl (C=O) groups is 1. The van der Waals surface area contributed by atoms with Gasteiger partial charge in [0.1, 0.15) is 0 Å². The van der Waals surface area contributed by atoms with Crippen LogP contribution in [0.15, 0.2) is 41.9 Å². The van der Waals surface area contributed by atoms with Crippen molar-refractivity contribution in [1.82, 2.24) is 4.98 Å². The minimum Gasteiger partial charge on any atom is -0.322 e. The molecule has 1 aromatic heterocycles. The Hall–Kier alpha value is -1.62. The molecule has 1 amide bonds. The summed E-state index contributed by atoms with van der Waals surface area (Å²) in [6.07, 6.45) is 0. The minimum absolute atomic E-state index is 0.299. The van der Waals surface area contributed by atoms with Gasteiger partial charge in [0.15, 0.2) is 0 Å². The molecule has 3 rings (SSSR count). The van der Waals surface area contributed by atoms with E-state index in [2.05, 4.69) is 10.3 Å². The molecule has 0 saturated carbocycles. The maximum Gasteiger partial charge on any atom is 0.257 e. The van der Waals surface area contributed by atoms with Gasteiger partial charge in [-0.25, -0.2) is 4.98 Å². The molecule has 0 spiro atoms. The molecule has 0 atom stereocenters. The molecule has 0 unspecified atom stereocenters. The number of rotatable bonds is 2. The first-order valence-electron chi connectivity index (χ1n) is 5.73. The number of nitrogens with one attached hydrogen (secondary N) is 1. The SMILES string of the molecule is O=C(Nc1ccc2scnc2c1)c1cc(Cl)ccc1Cl. The van der Waals surface area contributed by atoms with Crippen LogP contribution in [-0.4, -0.2) is 10.9 Å². The van der Waals surface area contributed by atoms with Gasteiger partial charge in [-0.05, 0) is 36.4 Å². The van der Waals surface area contributed by atoms with Gasteiger partial charge in [0.05, 0.1) is 26.3 Å². The highest BCUT2D eigenvalue weighted by Crippen LogP contribution is 2.24. The monoisotopic (exact) mass is 322 g/mol. The van der Waals surface area contributed by atoms with Gasteiger partial charge in [0, 0.05) is 10.7 Å². The molecular weight excluding hydrogens is 315 g/mol. The number of carbonyl (C=O) groups excluding carboxylic acids is 1. The zero-order valence-electron chi connectivity index (χ0n) is 10.1. The summed E-state index contributed by atoms with van der Waals surface area (Å²) in [4.78, 5) is 16.4. The lowest BCUT2D eigenvalue weighted by molar-refractivity contribution is 0.102. The third-order valence-corrected chi connectivity index (χ3v) is 4.14. The Balaban J connectivity index is 1.89. The van der Waals surface area contributed by atoms with E-state index in [1.165, 1.54) is 0 Å². The largest absolute Gasteiger partial charge is 0.322 e. The van der Waals surface area contributed by atoms with E-state index in [-0.39, 0.29) is 5.91 Å². The molecule has 20 heavy (non-hydrogen) atoms. The topological polar surface area (TPSA) is 42.0 Å². The van der Waals surface area contributed by atoms with Gasteiger partial charge < -0.3 is 5.32 Å². The average Bonchev–Trinajstić information content (AvgIpc) is 2.89. The summed E-state index contributed by atoms with van der Waals surface area (Å²) >= 11 is 13.4. The molecule has 1 N–H and O–H groups in total. The number of anilines is 1. The molecule has 0 saturated heterocycles. The fourth-order valence-corrected chi connectivity index (χ4v) is 2.84. The Morgan fingerprint density at radius 2 is 2.00 bits per heavy atom. The zero-order chi connectivity index (χ0) is 14.1. The molecule has 3 aromatic rings. The molecule has 6 heteroatoms. The Morgan fingerprint density at radius 3 is 2.85 bits per heavy atom. The number of aromatic nitrogens is 1. The van der Waals surface area contributed by atoms with Crippen LogP contribution in [0.1, 0.15) is 10.4 Å². The Morgan fingerprint density at radius 1 is 1.15 bits per heavy atom. The van der Waals surface area contributed by atoms with Gasteiger partial charge in [0.2, 0.25) is 0 Å². The second kappa shape index (κ2) is 5.40. The summed E-state index contributed by atoms with van der Waals surface area (Å²) in [7, 11) is 0. The number of hydrogen-bond donors (Lipinski definition) is 1. The first-order chi connectivity index (χ1) is 9.63. The van der Waals surface area contributed by atoms with E-state index < -0.39 is 0 Å². The van der Waals surface area contributed by atoms with Crippen LogP contribution in [0.4, 0.5) is 5.69 Å². The summed E-state index contributed by atoms with van der Waals surface area (Å²) in [6, 6.07) is 10.4. The third kappa shape index (κ3) is 2.63. The molecule has 0 aliphatic heterocycles. The maximum atomic E-state index is 12.2. The fraction of sp³-hybridized carbons (Fsp3) is 0. The highest BCUT2D eigenvalue weighted by Gasteiger charge is 2.11. The number of hydrogen-bond acceptors (Lipinski definition) is 3. The minimum atomic E-state index is -0.299. The van der Waals surface area contributed by atoms with Crippen LogP contribution >= 0.6 is 34.5 Å². The molecule has 100 valence electrons. The second-order valence-electron chi connectivity index (χ2n) is 4.11. The number of nitrogens with zero attached hydrogens (tertiary/aromatic N) is 1. The van der Waals surface area contributed by atoms with Gasteiger partial charge in [0.25, 0.3) is 5.91 Å². The van der Waals surface area contributed by atoms with E-state index in [1.807, 2.05) is 18.2 Å². The summed E-state index contributed by atoms with van der Waals surface area (Å²) in [5.74, 6) is -0.299. The summed E-state index contributed by atoms with van der Waals surface area (Å²) in [5, 5.41) is 3.62. The average molecular weight is 323 g/mol. The van der Waals surface area contributed by atoms with Crippen molar-refractivity contribution in [2.45, 2.75) is 0 Å². The first-order valence-corrected chi connectivity index (χ1v) is 7.37. The smallest absolute Gasteiger partial charge is 0.257 e. The molecule has 0 bridgehead atoms. The highest BCUT2D eigenvalue weighted by atomic mass is 35.5. The maximum absolute atomic E-state index is 12.2. The van der Waals surface area contributed by atoms with Crippen molar-refractivity contribution >= 4 is 56.3 Å². The number of halogens is 2. The van der Waals surface area contributed by atoms with Crippen molar-refractivity contribution in [2.24, 2.45) is 0 Å². The van der Waals surface area contributed by atoms with Crippen LogP contribution < -0.4 is 5.32 Å². The van der Waals surface area contributed by atoms with Crippen molar-refractivity contribution in [3.63, 3.8) is 0 Å². The molecule has 0 aliphatic carbocycles. The number of benzene rings is 2. The van der Waals surface area contributed by atoms with Crippen molar-refractivity contribution < 1.29 is 4.79 Å². The Labute approximate surface area is 129 Å². The molecule has 3 nitrogen and oxygen atoms in total. The lowest BCUT2D eigenvalue weighted by Crippen LogP contribution is -2.12. The Kier molecular flexibility index (Phi) is 3.61. The summed E-state index contributed by atoms with van der Waals surface area (Å²) < 4.78 is 1.07. The molecule has 1 heterocycles. The van der Waals surface area contributed by atoms with Crippen LogP contribution in [-0.2, 0) is 0 Å². The fourth-order valence-electron chi connectivity index (χ4n) is 1.81. The molecule has 0 aliphatic rings. The molecule has 0 radical (unpaired) electrons. The van der Waals surface area contributed by atoms with Crippen molar-refractivity contribution in [3.05, 3.63) is 57.5 Å². The van der Waals surface area contributed by atoms with E-state index in [4.69, 9.17) is 23.2 Å². The van der Waals surface area contributed by atoms with E-state index in [0.29, 0.717) is 21.3 Å². The predicted molar refractivity (Wildman–Crippen MR) is 84.0 cm³/mol. The summed E-state index contributed by atoms with van der Waals surface area (Å²) in [5.41, 5.74) is 3.64. The number of amides is 1. The third-order valence-electron chi connectivity index (χ3n) is 2.76. The van der Waals surface area contributed by atoms with Gasteiger partial charge in [-0.2, -0.15) is 0 Å². The number of thiazole rings is 1. The predicted octanol–water partition coefficient (Wildman–Crippen LogP) is 4.86. The van der Waals surface area contributed by atoms with Gasteiger partial charge in [-0.1, -0.05) is 23.2 Å². The van der Waals surface area contributed by atoms with Gasteiger partial charge in [-0.15, -0.1) is 11.3 Å². The quantitative estimate of drug-likeness (QED) is 0.732. The van der Waals surface area contributed by atoms with Gasteiger partial charge >= 0.3 is 0 Å². The van der Waals surface area contributed by atoms with Crippen molar-refractivity contribution in [1.29, 1.82) is 0 Å². The van der Waals surface area contributed by atoms with E-state index >= 15 is 0 Å². The molecule has 0 fully saturated rings. The van der Waals surface area contributed by atoms with Crippen molar-refractivity contribution in [3.8, 4) is 0 Å². The zero-order valence-corrected chi connectivity index (χ0v) is 12.4. The van der Waals surface area contributed by atoms with E-state index in [1.54, 1.807) is 35.0 Å². The molecule has 2 aromatic carbocycles. The molecular formula is C14H8Cl2N2OS. The normalized spacial score (nSPS) is 10.7. The standard InChI is InChI=1S/C14H8Cl2N2OS/c15-8-1-3-11(16)10(5-8)14(19)18-9-2-4-13-12(6-9)17-7-20-13/h1-7H,(H,18,19). The van der Waals surface area contributed by atoms with Crippen LogP contribution in [0.25, 0.3) is 10.2 Å². The highest BCUT2D eigenvalue weighted by molar-refractivity contribution is 7.16.